The summed E-state index contributed by atoms with van der Waals surface area (Å²) in [5, 5.41) is 0. The first-order valence-corrected chi connectivity index (χ1v) is 6.16. The zero-order chi connectivity index (χ0) is 12.3. The van der Waals surface area contributed by atoms with Crippen molar-refractivity contribution < 1.29 is 9.53 Å². The van der Waals surface area contributed by atoms with Gasteiger partial charge in [0, 0.05) is 25.4 Å². The van der Waals surface area contributed by atoms with Gasteiger partial charge in [-0.25, -0.2) is 0 Å². The monoisotopic (exact) mass is 233 g/mol. The summed E-state index contributed by atoms with van der Waals surface area (Å²) in [5.74, 6) is 1.63. The standard InChI is InChI=1S/C14H19NO2/c1-3-14(16)15-9-8-12(10-15)11-4-6-13(17-2)7-5-11/h4-7,12H,3,8-10H2,1-2H3. The zero-order valence-corrected chi connectivity index (χ0v) is 10.5. The molecule has 3 heteroatoms. The van der Waals surface area contributed by atoms with Crippen LogP contribution in [-0.4, -0.2) is 31.0 Å². The van der Waals surface area contributed by atoms with Crippen LogP contribution in [0, 0.1) is 0 Å². The fourth-order valence-electron chi connectivity index (χ4n) is 2.36. The minimum atomic E-state index is 0.265. The Morgan fingerprint density at radius 3 is 2.71 bits per heavy atom. The molecule has 1 aromatic carbocycles. The molecule has 0 radical (unpaired) electrons. The highest BCUT2D eigenvalue weighted by Gasteiger charge is 2.26. The van der Waals surface area contributed by atoms with E-state index in [0.29, 0.717) is 12.3 Å². The van der Waals surface area contributed by atoms with Crippen molar-refractivity contribution >= 4 is 5.91 Å². The summed E-state index contributed by atoms with van der Waals surface area (Å²) in [7, 11) is 1.67. The van der Waals surface area contributed by atoms with Crippen LogP contribution in [0.3, 0.4) is 0 Å². The van der Waals surface area contributed by atoms with Crippen LogP contribution < -0.4 is 4.74 Å². The minimum Gasteiger partial charge on any atom is -0.497 e. The van der Waals surface area contributed by atoms with Crippen molar-refractivity contribution in [3.05, 3.63) is 29.8 Å². The SMILES string of the molecule is CCC(=O)N1CCC(c2ccc(OC)cc2)C1. The molecule has 1 aliphatic heterocycles. The van der Waals surface area contributed by atoms with Gasteiger partial charge in [0.05, 0.1) is 7.11 Å². The molecule has 0 N–H and O–H groups in total. The van der Waals surface area contributed by atoms with Gasteiger partial charge < -0.3 is 9.64 Å². The van der Waals surface area contributed by atoms with E-state index in [1.807, 2.05) is 24.0 Å². The molecule has 1 saturated heterocycles. The third kappa shape index (κ3) is 2.60. The number of carbonyl (C=O) groups is 1. The van der Waals surface area contributed by atoms with Gasteiger partial charge in [0.15, 0.2) is 0 Å². The van der Waals surface area contributed by atoms with Crippen molar-refractivity contribution in [2.45, 2.75) is 25.7 Å². The summed E-state index contributed by atoms with van der Waals surface area (Å²) in [5.41, 5.74) is 1.30. The lowest BCUT2D eigenvalue weighted by Crippen LogP contribution is -2.27. The predicted molar refractivity (Wildman–Crippen MR) is 67.2 cm³/mol. The van der Waals surface area contributed by atoms with E-state index in [9.17, 15) is 4.79 Å². The summed E-state index contributed by atoms with van der Waals surface area (Å²) < 4.78 is 5.14. The Morgan fingerprint density at radius 2 is 2.12 bits per heavy atom. The number of hydrogen-bond donors (Lipinski definition) is 0. The topological polar surface area (TPSA) is 29.5 Å². The number of carbonyl (C=O) groups excluding carboxylic acids is 1. The zero-order valence-electron chi connectivity index (χ0n) is 10.5. The van der Waals surface area contributed by atoms with E-state index in [1.165, 1.54) is 5.56 Å². The van der Waals surface area contributed by atoms with Crippen molar-refractivity contribution in [2.24, 2.45) is 0 Å². The summed E-state index contributed by atoms with van der Waals surface area (Å²) >= 11 is 0. The van der Waals surface area contributed by atoms with E-state index >= 15 is 0 Å². The van der Waals surface area contributed by atoms with E-state index < -0.39 is 0 Å². The molecule has 1 aromatic rings. The highest BCUT2D eigenvalue weighted by Crippen LogP contribution is 2.28. The van der Waals surface area contributed by atoms with Gasteiger partial charge in [0.2, 0.25) is 5.91 Å². The summed E-state index contributed by atoms with van der Waals surface area (Å²) in [6, 6.07) is 8.17. The second kappa shape index (κ2) is 5.21. The van der Waals surface area contributed by atoms with Crippen LogP contribution in [-0.2, 0) is 4.79 Å². The number of rotatable bonds is 3. The molecule has 0 aliphatic carbocycles. The van der Waals surface area contributed by atoms with Gasteiger partial charge in [-0.2, -0.15) is 0 Å². The molecule has 17 heavy (non-hydrogen) atoms. The molecular formula is C14H19NO2. The second-order valence-corrected chi connectivity index (χ2v) is 4.45. The molecule has 1 heterocycles. The third-order valence-electron chi connectivity index (χ3n) is 3.43. The Kier molecular flexibility index (Phi) is 3.67. The van der Waals surface area contributed by atoms with Crippen molar-refractivity contribution in [1.29, 1.82) is 0 Å². The number of ether oxygens (including phenoxy) is 1. The lowest BCUT2D eigenvalue weighted by molar-refractivity contribution is -0.129. The smallest absolute Gasteiger partial charge is 0.222 e. The number of hydrogen-bond acceptors (Lipinski definition) is 2. The van der Waals surface area contributed by atoms with E-state index in [1.54, 1.807) is 7.11 Å². The normalized spacial score (nSPS) is 19.4. The van der Waals surface area contributed by atoms with Crippen LogP contribution in [0.15, 0.2) is 24.3 Å². The Balaban J connectivity index is 2.02. The van der Waals surface area contributed by atoms with E-state index in [2.05, 4.69) is 12.1 Å². The maximum Gasteiger partial charge on any atom is 0.222 e. The maximum absolute atomic E-state index is 11.6. The first kappa shape index (κ1) is 12.0. The van der Waals surface area contributed by atoms with Crippen LogP contribution in [0.2, 0.25) is 0 Å². The molecule has 1 amide bonds. The Bertz CT molecular complexity index is 386. The number of amides is 1. The average Bonchev–Trinajstić information content (AvgIpc) is 2.87. The third-order valence-corrected chi connectivity index (χ3v) is 3.43. The Hall–Kier alpha value is -1.51. The first-order chi connectivity index (χ1) is 8.24. The molecule has 3 nitrogen and oxygen atoms in total. The summed E-state index contributed by atoms with van der Waals surface area (Å²) in [4.78, 5) is 13.6. The minimum absolute atomic E-state index is 0.265. The molecule has 92 valence electrons. The van der Waals surface area contributed by atoms with Crippen LogP contribution in [0.5, 0.6) is 5.75 Å². The van der Waals surface area contributed by atoms with Crippen LogP contribution in [0.25, 0.3) is 0 Å². The summed E-state index contributed by atoms with van der Waals surface area (Å²) in [6.45, 7) is 3.67. The molecular weight excluding hydrogens is 214 g/mol. The highest BCUT2D eigenvalue weighted by molar-refractivity contribution is 5.76. The number of likely N-dealkylation sites (tertiary alicyclic amines) is 1. The number of benzene rings is 1. The fourth-order valence-corrected chi connectivity index (χ4v) is 2.36. The van der Waals surface area contributed by atoms with Gasteiger partial charge >= 0.3 is 0 Å². The molecule has 1 aliphatic rings. The van der Waals surface area contributed by atoms with Gasteiger partial charge in [-0.1, -0.05) is 19.1 Å². The highest BCUT2D eigenvalue weighted by atomic mass is 16.5. The fraction of sp³-hybridized carbons (Fsp3) is 0.500. The molecule has 0 spiro atoms. The van der Waals surface area contributed by atoms with Gasteiger partial charge in [0.25, 0.3) is 0 Å². The molecule has 1 atom stereocenters. The summed E-state index contributed by atoms with van der Waals surface area (Å²) in [6.07, 6.45) is 1.67. The predicted octanol–water partition coefficient (Wildman–Crippen LogP) is 2.42. The van der Waals surface area contributed by atoms with Crippen molar-refractivity contribution in [2.75, 3.05) is 20.2 Å². The molecule has 0 bridgehead atoms. The van der Waals surface area contributed by atoms with Crippen molar-refractivity contribution in [3.63, 3.8) is 0 Å². The number of methoxy groups -OCH3 is 1. The lowest BCUT2D eigenvalue weighted by atomic mass is 9.98. The Labute approximate surface area is 102 Å². The molecule has 0 saturated carbocycles. The van der Waals surface area contributed by atoms with Gasteiger partial charge in [-0.3, -0.25) is 4.79 Å². The maximum atomic E-state index is 11.6. The Morgan fingerprint density at radius 1 is 1.41 bits per heavy atom. The van der Waals surface area contributed by atoms with Crippen LogP contribution >= 0.6 is 0 Å². The molecule has 1 unspecified atom stereocenters. The molecule has 0 aromatic heterocycles. The van der Waals surface area contributed by atoms with E-state index in [4.69, 9.17) is 4.74 Å². The largest absolute Gasteiger partial charge is 0.497 e. The van der Waals surface area contributed by atoms with Crippen LogP contribution in [0.4, 0.5) is 0 Å². The van der Waals surface area contributed by atoms with Gasteiger partial charge in [-0.05, 0) is 24.1 Å². The quantitative estimate of drug-likeness (QED) is 0.802. The average molecular weight is 233 g/mol. The second-order valence-electron chi connectivity index (χ2n) is 4.45. The molecule has 2 rings (SSSR count). The van der Waals surface area contributed by atoms with Crippen molar-refractivity contribution in [1.82, 2.24) is 4.90 Å². The van der Waals surface area contributed by atoms with E-state index in [0.717, 1.165) is 25.3 Å². The molecule has 1 fully saturated rings. The number of nitrogens with zero attached hydrogens (tertiary/aromatic N) is 1. The van der Waals surface area contributed by atoms with Crippen LogP contribution in [0.1, 0.15) is 31.2 Å². The van der Waals surface area contributed by atoms with Gasteiger partial charge in [-0.15, -0.1) is 0 Å². The lowest BCUT2D eigenvalue weighted by Gasteiger charge is -2.15. The van der Waals surface area contributed by atoms with Crippen molar-refractivity contribution in [3.8, 4) is 5.75 Å². The van der Waals surface area contributed by atoms with E-state index in [-0.39, 0.29) is 5.91 Å². The first-order valence-electron chi connectivity index (χ1n) is 6.16. The van der Waals surface area contributed by atoms with Gasteiger partial charge in [0.1, 0.15) is 5.75 Å².